The maximum Gasteiger partial charge on any atom is 0.121 e. The molecule has 0 amide bonds. The van der Waals surface area contributed by atoms with E-state index >= 15 is 0 Å². The van der Waals surface area contributed by atoms with Crippen molar-refractivity contribution < 1.29 is 4.74 Å². The summed E-state index contributed by atoms with van der Waals surface area (Å²) in [4.78, 5) is 2.59. The Hall–Kier alpha value is -1.22. The molecule has 0 spiro atoms. The Morgan fingerprint density at radius 2 is 2.00 bits per heavy atom. The van der Waals surface area contributed by atoms with Crippen LogP contribution in [0.2, 0.25) is 0 Å². The minimum Gasteiger partial charge on any atom is -0.496 e. The van der Waals surface area contributed by atoms with Gasteiger partial charge in [-0.15, -0.1) is 0 Å². The standard InChI is InChI=1S/C17H28N2O/c1-13(2)12-19-9-7-15(8-10-19)18-16-5-6-17(20-4)14(3)11-16/h5-6,11,13,15,18H,7-10,12H2,1-4H3. The molecule has 112 valence electrons. The zero-order valence-corrected chi connectivity index (χ0v) is 13.3. The molecule has 20 heavy (non-hydrogen) atoms. The van der Waals surface area contributed by atoms with Crippen LogP contribution in [0.15, 0.2) is 18.2 Å². The molecule has 1 fully saturated rings. The van der Waals surface area contributed by atoms with Crippen LogP contribution in [-0.2, 0) is 0 Å². The molecule has 1 aliphatic rings. The number of methoxy groups -OCH3 is 1. The Bertz CT molecular complexity index is 423. The van der Waals surface area contributed by atoms with Crippen LogP contribution >= 0.6 is 0 Å². The molecule has 1 aromatic carbocycles. The van der Waals surface area contributed by atoms with Crippen LogP contribution in [0.1, 0.15) is 32.3 Å². The first kappa shape index (κ1) is 15.2. The summed E-state index contributed by atoms with van der Waals surface area (Å²) in [6.07, 6.45) is 2.47. The van der Waals surface area contributed by atoms with E-state index in [2.05, 4.69) is 43.1 Å². The molecule has 3 nitrogen and oxygen atoms in total. The van der Waals surface area contributed by atoms with Gasteiger partial charge in [0.25, 0.3) is 0 Å². The second kappa shape index (κ2) is 6.98. The molecule has 0 unspecified atom stereocenters. The first-order chi connectivity index (χ1) is 9.58. The molecule has 0 saturated carbocycles. The van der Waals surface area contributed by atoms with Gasteiger partial charge in [0.05, 0.1) is 7.11 Å². The highest BCUT2D eigenvalue weighted by Crippen LogP contribution is 2.23. The van der Waals surface area contributed by atoms with Crippen molar-refractivity contribution in [3.63, 3.8) is 0 Å². The molecule has 1 heterocycles. The van der Waals surface area contributed by atoms with Crippen molar-refractivity contribution in [1.29, 1.82) is 0 Å². The maximum absolute atomic E-state index is 5.31. The van der Waals surface area contributed by atoms with E-state index in [0.717, 1.165) is 11.7 Å². The Kier molecular flexibility index (Phi) is 5.30. The summed E-state index contributed by atoms with van der Waals surface area (Å²) in [7, 11) is 1.72. The first-order valence-corrected chi connectivity index (χ1v) is 7.72. The van der Waals surface area contributed by atoms with Gasteiger partial charge in [-0.1, -0.05) is 13.8 Å². The number of hydrogen-bond acceptors (Lipinski definition) is 3. The van der Waals surface area contributed by atoms with E-state index in [4.69, 9.17) is 4.74 Å². The molecule has 0 aromatic heterocycles. The first-order valence-electron chi connectivity index (χ1n) is 7.72. The number of anilines is 1. The Labute approximate surface area is 123 Å². The van der Waals surface area contributed by atoms with Crippen molar-refractivity contribution in [3.05, 3.63) is 23.8 Å². The third kappa shape index (κ3) is 4.14. The van der Waals surface area contributed by atoms with E-state index in [-0.39, 0.29) is 0 Å². The van der Waals surface area contributed by atoms with E-state index in [1.54, 1.807) is 7.11 Å². The highest BCUT2D eigenvalue weighted by molar-refractivity contribution is 5.51. The van der Waals surface area contributed by atoms with Crippen molar-refractivity contribution in [2.45, 2.75) is 39.7 Å². The van der Waals surface area contributed by atoms with E-state index in [9.17, 15) is 0 Å². The average Bonchev–Trinajstić information content (AvgIpc) is 2.41. The van der Waals surface area contributed by atoms with Crippen molar-refractivity contribution in [3.8, 4) is 5.75 Å². The van der Waals surface area contributed by atoms with Gasteiger partial charge >= 0.3 is 0 Å². The molecule has 1 saturated heterocycles. The molecule has 3 heteroatoms. The molecular weight excluding hydrogens is 248 g/mol. The normalized spacial score (nSPS) is 17.4. The van der Waals surface area contributed by atoms with Crippen molar-refractivity contribution >= 4 is 5.69 Å². The van der Waals surface area contributed by atoms with Gasteiger partial charge in [-0.25, -0.2) is 0 Å². The second-order valence-electron chi connectivity index (χ2n) is 6.30. The van der Waals surface area contributed by atoms with Gasteiger partial charge in [0.15, 0.2) is 0 Å². The van der Waals surface area contributed by atoms with Gasteiger partial charge < -0.3 is 15.0 Å². The number of aryl methyl sites for hydroxylation is 1. The smallest absolute Gasteiger partial charge is 0.121 e. The lowest BCUT2D eigenvalue weighted by atomic mass is 10.0. The van der Waals surface area contributed by atoms with Crippen LogP contribution in [0.4, 0.5) is 5.69 Å². The predicted molar refractivity (Wildman–Crippen MR) is 85.7 cm³/mol. The molecule has 2 rings (SSSR count). The number of nitrogens with one attached hydrogen (secondary N) is 1. The Morgan fingerprint density at radius 1 is 1.30 bits per heavy atom. The Balaban J connectivity index is 1.85. The zero-order valence-electron chi connectivity index (χ0n) is 13.3. The molecule has 1 aromatic rings. The van der Waals surface area contributed by atoms with Crippen molar-refractivity contribution in [2.75, 3.05) is 32.1 Å². The third-order valence-corrected chi connectivity index (χ3v) is 3.98. The average molecular weight is 276 g/mol. The van der Waals surface area contributed by atoms with Crippen LogP contribution in [0.3, 0.4) is 0 Å². The fraction of sp³-hybridized carbons (Fsp3) is 0.647. The monoisotopic (exact) mass is 276 g/mol. The Morgan fingerprint density at radius 3 is 2.55 bits per heavy atom. The van der Waals surface area contributed by atoms with Crippen LogP contribution in [0, 0.1) is 12.8 Å². The van der Waals surface area contributed by atoms with E-state index in [1.165, 1.54) is 43.7 Å². The van der Waals surface area contributed by atoms with Crippen LogP contribution < -0.4 is 10.1 Å². The SMILES string of the molecule is COc1ccc(NC2CCN(CC(C)C)CC2)cc1C. The summed E-state index contributed by atoms with van der Waals surface area (Å²) in [5.74, 6) is 1.73. The number of piperidine rings is 1. The second-order valence-corrected chi connectivity index (χ2v) is 6.30. The summed E-state index contributed by atoms with van der Waals surface area (Å²) in [6.45, 7) is 10.3. The predicted octanol–water partition coefficient (Wildman–Crippen LogP) is 3.54. The molecule has 0 aliphatic carbocycles. The van der Waals surface area contributed by atoms with Crippen molar-refractivity contribution in [1.82, 2.24) is 4.90 Å². The molecule has 1 aliphatic heterocycles. The topological polar surface area (TPSA) is 24.5 Å². The minimum absolute atomic E-state index is 0.603. The number of nitrogens with zero attached hydrogens (tertiary/aromatic N) is 1. The van der Waals surface area contributed by atoms with Gasteiger partial charge in [-0.2, -0.15) is 0 Å². The summed E-state index contributed by atoms with van der Waals surface area (Å²) in [5, 5.41) is 3.66. The number of likely N-dealkylation sites (tertiary alicyclic amines) is 1. The fourth-order valence-corrected chi connectivity index (χ4v) is 2.98. The van der Waals surface area contributed by atoms with E-state index < -0.39 is 0 Å². The fourth-order valence-electron chi connectivity index (χ4n) is 2.98. The van der Waals surface area contributed by atoms with E-state index in [1.807, 2.05) is 6.07 Å². The van der Waals surface area contributed by atoms with Gasteiger partial charge in [-0.05, 0) is 49.4 Å². The minimum atomic E-state index is 0.603. The number of benzene rings is 1. The van der Waals surface area contributed by atoms with Crippen LogP contribution in [0.5, 0.6) is 5.75 Å². The number of rotatable bonds is 5. The molecular formula is C17H28N2O. The van der Waals surface area contributed by atoms with Crippen LogP contribution in [-0.4, -0.2) is 37.7 Å². The molecule has 1 N–H and O–H groups in total. The summed E-state index contributed by atoms with van der Waals surface area (Å²) in [6, 6.07) is 6.95. The lowest BCUT2D eigenvalue weighted by molar-refractivity contribution is 0.198. The molecule has 0 radical (unpaired) electrons. The zero-order chi connectivity index (χ0) is 14.5. The van der Waals surface area contributed by atoms with Gasteiger partial charge in [0.1, 0.15) is 5.75 Å². The summed E-state index contributed by atoms with van der Waals surface area (Å²) in [5.41, 5.74) is 2.40. The van der Waals surface area contributed by atoms with Gasteiger partial charge in [0, 0.05) is 31.4 Å². The summed E-state index contributed by atoms with van der Waals surface area (Å²) >= 11 is 0. The number of ether oxygens (including phenoxy) is 1. The van der Waals surface area contributed by atoms with E-state index in [0.29, 0.717) is 6.04 Å². The number of hydrogen-bond donors (Lipinski definition) is 1. The lowest BCUT2D eigenvalue weighted by Gasteiger charge is -2.33. The van der Waals surface area contributed by atoms with Gasteiger partial charge in [0.2, 0.25) is 0 Å². The van der Waals surface area contributed by atoms with Crippen molar-refractivity contribution in [2.24, 2.45) is 5.92 Å². The largest absolute Gasteiger partial charge is 0.496 e. The van der Waals surface area contributed by atoms with Crippen LogP contribution in [0.25, 0.3) is 0 Å². The highest BCUT2D eigenvalue weighted by atomic mass is 16.5. The quantitative estimate of drug-likeness (QED) is 0.890. The summed E-state index contributed by atoms with van der Waals surface area (Å²) < 4.78 is 5.31. The van der Waals surface area contributed by atoms with Gasteiger partial charge in [-0.3, -0.25) is 0 Å². The molecule has 0 bridgehead atoms. The highest BCUT2D eigenvalue weighted by Gasteiger charge is 2.19. The molecule has 0 atom stereocenters. The maximum atomic E-state index is 5.31. The lowest BCUT2D eigenvalue weighted by Crippen LogP contribution is -2.40. The third-order valence-electron chi connectivity index (χ3n) is 3.98.